The van der Waals surface area contributed by atoms with Gasteiger partial charge in [0.05, 0.1) is 4.92 Å². The van der Waals surface area contributed by atoms with Crippen molar-refractivity contribution in [3.8, 4) is 0 Å². The third-order valence-corrected chi connectivity index (χ3v) is 2.76. The summed E-state index contributed by atoms with van der Waals surface area (Å²) in [4.78, 5) is 11.9. The molecule has 0 atom stereocenters. The standard InChI is InChI=1S/C9H14N4O2/c1-8-9(13(14)15)7-10-12(8)11-5-3-2-4-6-11/h7H,2-6H2,1H3. The van der Waals surface area contributed by atoms with Gasteiger partial charge in [0.1, 0.15) is 11.9 Å². The van der Waals surface area contributed by atoms with Crippen LogP contribution in [0.3, 0.4) is 0 Å². The molecule has 82 valence electrons. The van der Waals surface area contributed by atoms with Gasteiger partial charge >= 0.3 is 5.69 Å². The lowest BCUT2D eigenvalue weighted by Gasteiger charge is -2.28. The zero-order chi connectivity index (χ0) is 10.8. The van der Waals surface area contributed by atoms with Crippen LogP contribution in [0, 0.1) is 17.0 Å². The van der Waals surface area contributed by atoms with Crippen molar-refractivity contribution < 1.29 is 4.92 Å². The Morgan fingerprint density at radius 1 is 1.40 bits per heavy atom. The van der Waals surface area contributed by atoms with Crippen LogP contribution in [0.1, 0.15) is 25.0 Å². The molecule has 0 saturated carbocycles. The first-order chi connectivity index (χ1) is 7.20. The molecule has 1 fully saturated rings. The van der Waals surface area contributed by atoms with Gasteiger partial charge in [-0.05, 0) is 26.2 Å². The lowest BCUT2D eigenvalue weighted by Crippen LogP contribution is -2.40. The van der Waals surface area contributed by atoms with Gasteiger partial charge in [0.2, 0.25) is 0 Å². The van der Waals surface area contributed by atoms with Gasteiger partial charge in [0, 0.05) is 13.1 Å². The van der Waals surface area contributed by atoms with Gasteiger partial charge in [-0.3, -0.25) is 15.1 Å². The maximum Gasteiger partial charge on any atom is 0.312 e. The van der Waals surface area contributed by atoms with E-state index in [1.165, 1.54) is 12.6 Å². The molecule has 0 unspecified atom stereocenters. The maximum absolute atomic E-state index is 10.7. The minimum absolute atomic E-state index is 0.0978. The average molecular weight is 210 g/mol. The van der Waals surface area contributed by atoms with Gasteiger partial charge in [-0.1, -0.05) is 0 Å². The minimum Gasteiger partial charge on any atom is -0.297 e. The molecule has 1 saturated heterocycles. The van der Waals surface area contributed by atoms with E-state index in [4.69, 9.17) is 0 Å². The normalized spacial score (nSPS) is 16.7. The Bertz CT molecular complexity index is 368. The molecule has 6 nitrogen and oxygen atoms in total. The smallest absolute Gasteiger partial charge is 0.297 e. The second-order valence-electron chi connectivity index (χ2n) is 3.78. The Morgan fingerprint density at radius 2 is 2.07 bits per heavy atom. The SMILES string of the molecule is Cc1c([N+](=O)[O-])cnn1N1CCCCC1. The Morgan fingerprint density at radius 3 is 2.60 bits per heavy atom. The van der Waals surface area contributed by atoms with Crippen molar-refractivity contribution in [2.75, 3.05) is 18.1 Å². The summed E-state index contributed by atoms with van der Waals surface area (Å²) in [5.74, 6) is 0. The first kappa shape index (κ1) is 9.95. The van der Waals surface area contributed by atoms with Crippen LogP contribution in [0.25, 0.3) is 0 Å². The molecule has 0 aromatic carbocycles. The highest BCUT2D eigenvalue weighted by atomic mass is 16.6. The van der Waals surface area contributed by atoms with Crippen LogP contribution in [-0.2, 0) is 0 Å². The molecule has 15 heavy (non-hydrogen) atoms. The molecule has 1 aromatic heterocycles. The van der Waals surface area contributed by atoms with Crippen LogP contribution in [0.15, 0.2) is 6.20 Å². The molecular formula is C9H14N4O2. The lowest BCUT2D eigenvalue weighted by atomic mass is 10.2. The Labute approximate surface area is 87.6 Å². The second kappa shape index (κ2) is 3.88. The molecule has 0 bridgehead atoms. The minimum atomic E-state index is -0.386. The topological polar surface area (TPSA) is 64.2 Å². The van der Waals surface area contributed by atoms with Crippen LogP contribution in [0.5, 0.6) is 0 Å². The second-order valence-corrected chi connectivity index (χ2v) is 3.78. The highest BCUT2D eigenvalue weighted by Gasteiger charge is 2.20. The van der Waals surface area contributed by atoms with Crippen molar-refractivity contribution in [2.45, 2.75) is 26.2 Å². The monoisotopic (exact) mass is 210 g/mol. The maximum atomic E-state index is 10.7. The van der Waals surface area contributed by atoms with Crippen molar-refractivity contribution in [1.82, 2.24) is 9.89 Å². The van der Waals surface area contributed by atoms with Gasteiger partial charge in [0.25, 0.3) is 0 Å². The van der Waals surface area contributed by atoms with Crippen molar-refractivity contribution in [3.05, 3.63) is 22.0 Å². The van der Waals surface area contributed by atoms with E-state index in [9.17, 15) is 10.1 Å². The summed E-state index contributed by atoms with van der Waals surface area (Å²) in [6, 6.07) is 0. The summed E-state index contributed by atoms with van der Waals surface area (Å²) < 4.78 is 0. The molecule has 1 aromatic rings. The lowest BCUT2D eigenvalue weighted by molar-refractivity contribution is -0.385. The van der Waals surface area contributed by atoms with E-state index < -0.39 is 0 Å². The fourth-order valence-electron chi connectivity index (χ4n) is 1.92. The number of aromatic nitrogens is 2. The van der Waals surface area contributed by atoms with E-state index in [0.29, 0.717) is 5.69 Å². The zero-order valence-corrected chi connectivity index (χ0v) is 8.72. The molecule has 0 spiro atoms. The quantitative estimate of drug-likeness (QED) is 0.544. The Hall–Kier alpha value is -1.59. The first-order valence-electron chi connectivity index (χ1n) is 5.14. The number of nitro groups is 1. The number of piperidine rings is 1. The van der Waals surface area contributed by atoms with Gasteiger partial charge in [0.15, 0.2) is 0 Å². The molecule has 0 N–H and O–H groups in total. The number of nitrogens with zero attached hydrogens (tertiary/aromatic N) is 4. The van der Waals surface area contributed by atoms with Crippen molar-refractivity contribution in [1.29, 1.82) is 0 Å². The Balaban J connectivity index is 2.24. The van der Waals surface area contributed by atoms with E-state index in [1.54, 1.807) is 11.7 Å². The fraction of sp³-hybridized carbons (Fsp3) is 0.667. The van der Waals surface area contributed by atoms with E-state index in [0.717, 1.165) is 25.9 Å². The third-order valence-electron chi connectivity index (χ3n) is 2.76. The molecule has 0 radical (unpaired) electrons. The molecule has 1 aliphatic heterocycles. The van der Waals surface area contributed by atoms with Gasteiger partial charge in [-0.15, -0.1) is 0 Å². The van der Waals surface area contributed by atoms with Crippen molar-refractivity contribution >= 4 is 5.69 Å². The average Bonchev–Trinajstić information content (AvgIpc) is 2.61. The predicted octanol–water partition coefficient (Wildman–Crippen LogP) is 1.22. The highest BCUT2D eigenvalue weighted by molar-refractivity contribution is 5.32. The van der Waals surface area contributed by atoms with Crippen LogP contribution in [0.2, 0.25) is 0 Å². The fourth-order valence-corrected chi connectivity index (χ4v) is 1.92. The van der Waals surface area contributed by atoms with E-state index in [2.05, 4.69) is 10.1 Å². The predicted molar refractivity (Wildman–Crippen MR) is 55.4 cm³/mol. The van der Waals surface area contributed by atoms with Crippen LogP contribution >= 0.6 is 0 Å². The number of rotatable bonds is 2. The molecule has 0 amide bonds. The molecular weight excluding hydrogens is 196 g/mol. The van der Waals surface area contributed by atoms with Crippen LogP contribution in [0.4, 0.5) is 5.69 Å². The summed E-state index contributed by atoms with van der Waals surface area (Å²) >= 11 is 0. The first-order valence-corrected chi connectivity index (χ1v) is 5.14. The van der Waals surface area contributed by atoms with Crippen molar-refractivity contribution in [2.24, 2.45) is 0 Å². The number of hydrogen-bond acceptors (Lipinski definition) is 4. The van der Waals surface area contributed by atoms with Crippen LogP contribution < -0.4 is 5.01 Å². The number of hydrogen-bond donors (Lipinski definition) is 0. The summed E-state index contributed by atoms with van der Waals surface area (Å²) in [5.41, 5.74) is 0.711. The highest BCUT2D eigenvalue weighted by Crippen LogP contribution is 2.18. The third kappa shape index (κ3) is 1.79. The van der Waals surface area contributed by atoms with Crippen LogP contribution in [-0.4, -0.2) is 27.9 Å². The van der Waals surface area contributed by atoms with Gasteiger partial charge < -0.3 is 0 Å². The van der Waals surface area contributed by atoms with Gasteiger partial charge in [-0.2, -0.15) is 9.89 Å². The summed E-state index contributed by atoms with van der Waals surface area (Å²) in [6.07, 6.45) is 4.82. The van der Waals surface area contributed by atoms with Crippen molar-refractivity contribution in [3.63, 3.8) is 0 Å². The Kier molecular flexibility index (Phi) is 2.57. The summed E-state index contributed by atoms with van der Waals surface area (Å²) in [5, 5.41) is 16.8. The van der Waals surface area contributed by atoms with E-state index in [-0.39, 0.29) is 10.6 Å². The molecule has 1 aliphatic rings. The van der Waals surface area contributed by atoms with E-state index in [1.807, 2.05) is 0 Å². The van der Waals surface area contributed by atoms with Gasteiger partial charge in [-0.25, -0.2) is 0 Å². The largest absolute Gasteiger partial charge is 0.312 e. The molecule has 0 aliphatic carbocycles. The van der Waals surface area contributed by atoms with E-state index >= 15 is 0 Å². The zero-order valence-electron chi connectivity index (χ0n) is 8.72. The molecule has 6 heteroatoms. The molecule has 2 heterocycles. The molecule has 2 rings (SSSR count). The summed E-state index contributed by atoms with van der Waals surface area (Å²) in [7, 11) is 0. The summed E-state index contributed by atoms with van der Waals surface area (Å²) in [6.45, 7) is 3.60.